The number of nitrogens with zero attached hydrogens (tertiary/aromatic N) is 4. The van der Waals surface area contributed by atoms with E-state index in [1.54, 1.807) is 19.5 Å². The van der Waals surface area contributed by atoms with Gasteiger partial charge in [-0.05, 0) is 47.5 Å². The maximum Gasteiger partial charge on any atom is 0.284 e. The van der Waals surface area contributed by atoms with Crippen LogP contribution >= 0.6 is 0 Å². The van der Waals surface area contributed by atoms with Crippen LogP contribution in [-0.4, -0.2) is 31.7 Å². The van der Waals surface area contributed by atoms with Gasteiger partial charge in [0.15, 0.2) is 0 Å². The Kier molecular flexibility index (Phi) is 5.67. The first-order valence-corrected chi connectivity index (χ1v) is 11.7. The molecule has 0 fully saturated rings. The van der Waals surface area contributed by atoms with Gasteiger partial charge in [0.25, 0.3) is 5.56 Å². The number of aromatic amines is 1. The molecule has 0 saturated heterocycles. The maximum absolute atomic E-state index is 14.1. The summed E-state index contributed by atoms with van der Waals surface area (Å²) in [7, 11) is 1.61. The van der Waals surface area contributed by atoms with Crippen molar-refractivity contribution in [1.82, 2.24) is 24.6 Å². The van der Waals surface area contributed by atoms with E-state index < -0.39 is 0 Å². The van der Waals surface area contributed by atoms with Crippen LogP contribution in [-0.2, 0) is 0 Å². The van der Waals surface area contributed by atoms with E-state index in [9.17, 15) is 4.79 Å². The number of hydrogen-bond acceptors (Lipinski definition) is 6. The molecule has 4 aromatic heterocycles. The van der Waals surface area contributed by atoms with Gasteiger partial charge in [-0.2, -0.15) is 9.61 Å². The summed E-state index contributed by atoms with van der Waals surface area (Å²) in [5, 5.41) is 8.07. The van der Waals surface area contributed by atoms with Crippen LogP contribution in [0.5, 0.6) is 5.75 Å². The molecule has 0 amide bonds. The number of rotatable bonds is 6. The lowest BCUT2D eigenvalue weighted by Gasteiger charge is -2.13. The van der Waals surface area contributed by atoms with E-state index >= 15 is 0 Å². The largest absolute Gasteiger partial charge is 0.497 e. The molecule has 2 N–H and O–H groups in total. The predicted molar refractivity (Wildman–Crippen MR) is 144 cm³/mol. The van der Waals surface area contributed by atoms with Crippen LogP contribution in [0.25, 0.3) is 39.3 Å². The summed E-state index contributed by atoms with van der Waals surface area (Å²) in [5.74, 6) is 1.80. The quantitative estimate of drug-likeness (QED) is 0.320. The summed E-state index contributed by atoms with van der Waals surface area (Å²) in [4.78, 5) is 26.5. The standard InChI is InChI=1S/C29H22N6O2/c1-37-21-15-13-20(14-16-21)25-27(32-23-12-6-8-18-31-23)33-28-24(19-9-3-2-4-10-19)26(34-35(28)29(25)36)22-11-5-7-17-30-22/h2-18,33H,1H3,(H,31,32). The minimum Gasteiger partial charge on any atom is -0.497 e. The Morgan fingerprint density at radius 1 is 0.784 bits per heavy atom. The third kappa shape index (κ3) is 4.10. The average Bonchev–Trinajstić information content (AvgIpc) is 3.35. The molecule has 8 nitrogen and oxygen atoms in total. The van der Waals surface area contributed by atoms with Crippen molar-refractivity contribution in [3.8, 4) is 39.4 Å². The van der Waals surface area contributed by atoms with Crippen molar-refractivity contribution in [2.24, 2.45) is 0 Å². The molecule has 0 spiro atoms. The average molecular weight is 487 g/mol. The molecule has 2 aromatic carbocycles. The third-order valence-electron chi connectivity index (χ3n) is 6.05. The molecular formula is C29H22N6O2. The molecule has 0 unspecified atom stereocenters. The summed E-state index contributed by atoms with van der Waals surface area (Å²) in [5.41, 5.74) is 4.37. The van der Waals surface area contributed by atoms with Gasteiger partial charge in [0.05, 0.1) is 23.9 Å². The summed E-state index contributed by atoms with van der Waals surface area (Å²) < 4.78 is 6.72. The highest BCUT2D eigenvalue weighted by atomic mass is 16.5. The van der Waals surface area contributed by atoms with Crippen LogP contribution < -0.4 is 15.6 Å². The lowest BCUT2D eigenvalue weighted by Crippen LogP contribution is -2.19. The molecule has 0 saturated carbocycles. The number of anilines is 2. The van der Waals surface area contributed by atoms with Gasteiger partial charge in [-0.1, -0.05) is 54.6 Å². The van der Waals surface area contributed by atoms with E-state index in [-0.39, 0.29) is 5.56 Å². The number of nitrogens with one attached hydrogen (secondary N) is 2. The molecule has 0 bridgehead atoms. The molecule has 0 atom stereocenters. The highest BCUT2D eigenvalue weighted by Gasteiger charge is 2.23. The van der Waals surface area contributed by atoms with Gasteiger partial charge in [0.1, 0.15) is 28.7 Å². The van der Waals surface area contributed by atoms with Crippen molar-refractivity contribution in [3.63, 3.8) is 0 Å². The van der Waals surface area contributed by atoms with Gasteiger partial charge >= 0.3 is 0 Å². The van der Waals surface area contributed by atoms with Crippen molar-refractivity contribution in [2.75, 3.05) is 12.4 Å². The van der Waals surface area contributed by atoms with Crippen molar-refractivity contribution in [3.05, 3.63) is 114 Å². The Balaban J connectivity index is 1.67. The summed E-state index contributed by atoms with van der Waals surface area (Å²) in [6.45, 7) is 0. The van der Waals surface area contributed by atoms with Crippen LogP contribution in [0.15, 0.2) is 108 Å². The minimum absolute atomic E-state index is 0.281. The van der Waals surface area contributed by atoms with E-state index in [1.807, 2.05) is 91.0 Å². The number of aromatic nitrogens is 5. The molecule has 8 heteroatoms. The first-order valence-electron chi connectivity index (χ1n) is 11.7. The second-order valence-corrected chi connectivity index (χ2v) is 8.31. The lowest BCUT2D eigenvalue weighted by molar-refractivity contribution is 0.415. The van der Waals surface area contributed by atoms with E-state index in [0.717, 1.165) is 11.1 Å². The van der Waals surface area contributed by atoms with Crippen molar-refractivity contribution in [1.29, 1.82) is 0 Å². The van der Waals surface area contributed by atoms with Gasteiger partial charge in [-0.15, -0.1) is 0 Å². The van der Waals surface area contributed by atoms with Gasteiger partial charge < -0.3 is 15.0 Å². The second-order valence-electron chi connectivity index (χ2n) is 8.31. The number of pyridine rings is 2. The second kappa shape index (κ2) is 9.43. The van der Waals surface area contributed by atoms with Gasteiger partial charge in [-0.3, -0.25) is 9.78 Å². The van der Waals surface area contributed by atoms with Crippen molar-refractivity contribution >= 4 is 17.3 Å². The highest BCUT2D eigenvalue weighted by Crippen LogP contribution is 2.35. The molecule has 180 valence electrons. The number of ether oxygens (including phenoxy) is 1. The van der Waals surface area contributed by atoms with E-state index in [4.69, 9.17) is 9.84 Å². The Bertz CT molecular complexity index is 1730. The van der Waals surface area contributed by atoms with Crippen molar-refractivity contribution < 1.29 is 4.74 Å². The topological polar surface area (TPSA) is 97.2 Å². The van der Waals surface area contributed by atoms with Crippen LogP contribution in [0, 0.1) is 0 Å². The fourth-order valence-corrected chi connectivity index (χ4v) is 4.32. The van der Waals surface area contributed by atoms with Gasteiger partial charge in [-0.25, -0.2) is 4.98 Å². The monoisotopic (exact) mass is 486 g/mol. The zero-order valence-electron chi connectivity index (χ0n) is 19.9. The molecule has 6 rings (SSSR count). The highest BCUT2D eigenvalue weighted by molar-refractivity contribution is 5.91. The van der Waals surface area contributed by atoms with Crippen LogP contribution in [0.3, 0.4) is 0 Å². The Labute approximate surface area is 212 Å². The fraction of sp³-hybridized carbons (Fsp3) is 0.0345. The predicted octanol–water partition coefficient (Wildman–Crippen LogP) is 5.57. The third-order valence-corrected chi connectivity index (χ3v) is 6.05. The van der Waals surface area contributed by atoms with Crippen LogP contribution in [0.4, 0.5) is 11.6 Å². The minimum atomic E-state index is -0.281. The summed E-state index contributed by atoms with van der Waals surface area (Å²) >= 11 is 0. The Morgan fingerprint density at radius 3 is 2.16 bits per heavy atom. The number of hydrogen-bond donors (Lipinski definition) is 2. The molecule has 37 heavy (non-hydrogen) atoms. The van der Waals surface area contributed by atoms with Crippen LogP contribution in [0.2, 0.25) is 0 Å². The molecule has 0 aliphatic carbocycles. The van der Waals surface area contributed by atoms with Crippen molar-refractivity contribution in [2.45, 2.75) is 0 Å². The zero-order valence-corrected chi connectivity index (χ0v) is 19.9. The summed E-state index contributed by atoms with van der Waals surface area (Å²) in [6, 6.07) is 28.4. The molecule has 4 heterocycles. The number of methoxy groups -OCH3 is 1. The molecule has 0 aliphatic heterocycles. The normalized spacial score (nSPS) is 10.9. The van der Waals surface area contributed by atoms with E-state index in [0.29, 0.717) is 45.5 Å². The number of benzene rings is 2. The maximum atomic E-state index is 14.1. The Morgan fingerprint density at radius 2 is 1.49 bits per heavy atom. The fourth-order valence-electron chi connectivity index (χ4n) is 4.32. The van der Waals surface area contributed by atoms with E-state index in [1.165, 1.54) is 4.52 Å². The van der Waals surface area contributed by atoms with E-state index in [2.05, 4.69) is 20.3 Å². The lowest BCUT2D eigenvalue weighted by atomic mass is 10.0. The molecule has 0 radical (unpaired) electrons. The SMILES string of the molecule is COc1ccc(-c2c(Nc3ccccn3)[nH]c3c(-c4ccccc4)c(-c4ccccn4)nn3c2=O)cc1. The first kappa shape index (κ1) is 22.2. The zero-order chi connectivity index (χ0) is 25.2. The molecular weight excluding hydrogens is 464 g/mol. The smallest absolute Gasteiger partial charge is 0.284 e. The Hall–Kier alpha value is -5.24. The van der Waals surface area contributed by atoms with Crippen LogP contribution in [0.1, 0.15) is 0 Å². The molecule has 0 aliphatic rings. The van der Waals surface area contributed by atoms with Gasteiger partial charge in [0.2, 0.25) is 0 Å². The first-order chi connectivity index (χ1) is 18.2. The molecule has 6 aromatic rings. The summed E-state index contributed by atoms with van der Waals surface area (Å²) in [6.07, 6.45) is 3.41. The number of fused-ring (bicyclic) bond motifs is 1. The van der Waals surface area contributed by atoms with Gasteiger partial charge in [0, 0.05) is 12.4 Å². The number of H-pyrrole nitrogens is 1.